The average Bonchev–Trinajstić information content (AvgIpc) is 3.10. The van der Waals surface area contributed by atoms with Crippen molar-refractivity contribution in [2.75, 3.05) is 13.6 Å². The molecule has 1 aliphatic rings. The van der Waals surface area contributed by atoms with Crippen molar-refractivity contribution in [1.29, 1.82) is 0 Å². The van der Waals surface area contributed by atoms with E-state index < -0.39 is 15.9 Å². The zero-order chi connectivity index (χ0) is 15.1. The number of rotatable bonds is 4. The predicted octanol–water partition coefficient (Wildman–Crippen LogP) is 2.12. The first-order valence-electron chi connectivity index (χ1n) is 5.98. The van der Waals surface area contributed by atoms with Gasteiger partial charge in [-0.1, -0.05) is 23.2 Å². The molecule has 8 heteroatoms. The summed E-state index contributed by atoms with van der Waals surface area (Å²) in [6.45, 7) is 0.602. The number of hydrogen-bond donors (Lipinski definition) is 1. The van der Waals surface area contributed by atoms with Crippen LogP contribution in [0, 0.1) is 5.92 Å². The van der Waals surface area contributed by atoms with Gasteiger partial charge in [-0.3, -0.25) is 4.79 Å². The van der Waals surface area contributed by atoms with Gasteiger partial charge >= 0.3 is 0 Å². The lowest BCUT2D eigenvalue weighted by atomic mass is 10.2. The van der Waals surface area contributed by atoms with E-state index in [4.69, 9.17) is 28.3 Å². The van der Waals surface area contributed by atoms with Gasteiger partial charge in [0.1, 0.15) is 4.90 Å². The van der Waals surface area contributed by atoms with Crippen LogP contribution in [0.4, 0.5) is 0 Å². The van der Waals surface area contributed by atoms with E-state index in [-0.39, 0.29) is 20.5 Å². The Balaban J connectivity index is 2.41. The maximum absolute atomic E-state index is 12.4. The first kappa shape index (κ1) is 15.6. The van der Waals surface area contributed by atoms with Crippen LogP contribution in [0.5, 0.6) is 0 Å². The van der Waals surface area contributed by atoms with Crippen LogP contribution in [0.2, 0.25) is 10.0 Å². The number of nitrogens with zero attached hydrogens (tertiary/aromatic N) is 1. The Kier molecular flexibility index (Phi) is 4.30. The molecule has 1 fully saturated rings. The number of hydrogen-bond acceptors (Lipinski definition) is 3. The van der Waals surface area contributed by atoms with Crippen LogP contribution in [0.15, 0.2) is 17.0 Å². The molecular weight excluding hydrogens is 323 g/mol. The molecule has 0 heterocycles. The van der Waals surface area contributed by atoms with Crippen molar-refractivity contribution in [2.24, 2.45) is 11.1 Å². The molecule has 1 aromatic rings. The van der Waals surface area contributed by atoms with E-state index in [1.54, 1.807) is 7.05 Å². The van der Waals surface area contributed by atoms with Crippen molar-refractivity contribution in [1.82, 2.24) is 4.90 Å². The molecule has 20 heavy (non-hydrogen) atoms. The monoisotopic (exact) mass is 336 g/mol. The molecule has 0 unspecified atom stereocenters. The van der Waals surface area contributed by atoms with Gasteiger partial charge in [-0.15, -0.1) is 0 Å². The molecule has 0 atom stereocenters. The molecule has 0 aromatic heterocycles. The summed E-state index contributed by atoms with van der Waals surface area (Å²) in [6, 6.07) is 2.50. The predicted molar refractivity (Wildman–Crippen MR) is 77.5 cm³/mol. The minimum Gasteiger partial charge on any atom is -0.341 e. The highest BCUT2D eigenvalue weighted by atomic mass is 35.5. The van der Waals surface area contributed by atoms with Gasteiger partial charge in [0.15, 0.2) is 0 Å². The molecule has 1 saturated carbocycles. The fourth-order valence-corrected chi connectivity index (χ4v) is 3.38. The summed E-state index contributed by atoms with van der Waals surface area (Å²) < 4.78 is 22.8. The number of nitrogens with two attached hydrogens (primary N) is 1. The maximum Gasteiger partial charge on any atom is 0.256 e. The fourth-order valence-electron chi connectivity index (χ4n) is 1.91. The van der Waals surface area contributed by atoms with Crippen molar-refractivity contribution in [3.63, 3.8) is 0 Å². The highest BCUT2D eigenvalue weighted by molar-refractivity contribution is 7.89. The van der Waals surface area contributed by atoms with Gasteiger partial charge in [-0.05, 0) is 30.9 Å². The van der Waals surface area contributed by atoms with E-state index in [0.717, 1.165) is 12.8 Å². The Morgan fingerprint density at radius 2 is 2.00 bits per heavy atom. The van der Waals surface area contributed by atoms with Gasteiger partial charge in [0.25, 0.3) is 5.91 Å². The van der Waals surface area contributed by atoms with Crippen LogP contribution >= 0.6 is 23.2 Å². The molecule has 1 aliphatic carbocycles. The number of amides is 1. The number of primary sulfonamides is 1. The Labute approximate surface area is 127 Å². The first-order chi connectivity index (χ1) is 9.21. The number of carbonyl (C=O) groups is 1. The minimum absolute atomic E-state index is 0.0250. The highest BCUT2D eigenvalue weighted by Crippen LogP contribution is 2.33. The molecule has 0 spiro atoms. The summed E-state index contributed by atoms with van der Waals surface area (Å²) in [6.07, 6.45) is 2.19. The fraction of sp³-hybridized carbons (Fsp3) is 0.417. The van der Waals surface area contributed by atoms with Gasteiger partial charge in [0.2, 0.25) is 10.0 Å². The third-order valence-electron chi connectivity index (χ3n) is 3.15. The second kappa shape index (κ2) is 5.52. The van der Waals surface area contributed by atoms with Crippen LogP contribution in [-0.2, 0) is 10.0 Å². The molecule has 110 valence electrons. The Morgan fingerprint density at radius 3 is 2.50 bits per heavy atom. The van der Waals surface area contributed by atoms with Crippen LogP contribution in [-0.4, -0.2) is 32.8 Å². The van der Waals surface area contributed by atoms with Gasteiger partial charge in [0.05, 0.1) is 15.6 Å². The number of halogens is 2. The van der Waals surface area contributed by atoms with Crippen molar-refractivity contribution in [3.05, 3.63) is 27.7 Å². The van der Waals surface area contributed by atoms with Gasteiger partial charge in [0, 0.05) is 13.6 Å². The van der Waals surface area contributed by atoms with E-state index >= 15 is 0 Å². The molecule has 1 aromatic carbocycles. The van der Waals surface area contributed by atoms with Crippen LogP contribution in [0.25, 0.3) is 0 Å². The lowest BCUT2D eigenvalue weighted by Crippen LogP contribution is -2.29. The topological polar surface area (TPSA) is 80.5 Å². The van der Waals surface area contributed by atoms with E-state index in [0.29, 0.717) is 12.5 Å². The first-order valence-corrected chi connectivity index (χ1v) is 8.28. The molecule has 0 saturated heterocycles. The Hall–Kier alpha value is -0.820. The lowest BCUT2D eigenvalue weighted by Gasteiger charge is -2.19. The molecule has 0 bridgehead atoms. The summed E-state index contributed by atoms with van der Waals surface area (Å²) in [7, 11) is -2.37. The second-order valence-corrected chi connectivity index (χ2v) is 7.22. The van der Waals surface area contributed by atoms with Crippen molar-refractivity contribution in [2.45, 2.75) is 17.7 Å². The number of sulfonamides is 1. The Morgan fingerprint density at radius 1 is 1.40 bits per heavy atom. The summed E-state index contributed by atoms with van der Waals surface area (Å²) >= 11 is 12.0. The number of benzene rings is 1. The third kappa shape index (κ3) is 3.25. The SMILES string of the molecule is CN(CC1CC1)C(=O)c1c(Cl)ccc(S(N)(=O)=O)c1Cl. The Bertz CT molecular complexity index is 657. The van der Waals surface area contributed by atoms with Crippen molar-refractivity contribution >= 4 is 39.1 Å². The molecule has 0 aliphatic heterocycles. The number of carbonyl (C=O) groups excluding carboxylic acids is 1. The normalized spacial score (nSPS) is 15.2. The minimum atomic E-state index is -4.00. The quantitative estimate of drug-likeness (QED) is 0.914. The average molecular weight is 337 g/mol. The zero-order valence-electron chi connectivity index (χ0n) is 10.8. The molecule has 2 N–H and O–H groups in total. The summed E-state index contributed by atoms with van der Waals surface area (Å²) in [4.78, 5) is 13.5. The standard InChI is InChI=1S/C12H14Cl2N2O3S/c1-16(6-7-2-3-7)12(17)10-8(13)4-5-9(11(10)14)20(15,18)19/h4-5,7H,2-3,6H2,1H3,(H2,15,18,19). The molecule has 0 radical (unpaired) electrons. The van der Waals surface area contributed by atoms with Crippen molar-refractivity contribution in [3.8, 4) is 0 Å². The van der Waals surface area contributed by atoms with Gasteiger partial charge in [-0.25, -0.2) is 13.6 Å². The van der Waals surface area contributed by atoms with Crippen molar-refractivity contribution < 1.29 is 13.2 Å². The van der Waals surface area contributed by atoms with Crippen LogP contribution in [0.1, 0.15) is 23.2 Å². The van der Waals surface area contributed by atoms with E-state index in [1.807, 2.05) is 0 Å². The largest absolute Gasteiger partial charge is 0.341 e. The smallest absolute Gasteiger partial charge is 0.256 e. The van der Waals surface area contributed by atoms with E-state index in [1.165, 1.54) is 17.0 Å². The second-order valence-electron chi connectivity index (χ2n) is 4.91. The molecular formula is C12H14Cl2N2O3S. The lowest BCUT2D eigenvalue weighted by molar-refractivity contribution is 0.0789. The molecule has 2 rings (SSSR count). The zero-order valence-corrected chi connectivity index (χ0v) is 13.1. The highest BCUT2D eigenvalue weighted by Gasteiger charge is 2.28. The van der Waals surface area contributed by atoms with Gasteiger partial charge < -0.3 is 4.90 Å². The summed E-state index contributed by atoms with van der Waals surface area (Å²) in [5.41, 5.74) is -0.0250. The summed E-state index contributed by atoms with van der Waals surface area (Å²) in [5, 5.41) is 4.94. The maximum atomic E-state index is 12.4. The van der Waals surface area contributed by atoms with Gasteiger partial charge in [-0.2, -0.15) is 0 Å². The van der Waals surface area contributed by atoms with Crippen LogP contribution in [0.3, 0.4) is 0 Å². The van der Waals surface area contributed by atoms with Crippen LogP contribution < -0.4 is 5.14 Å². The van der Waals surface area contributed by atoms with E-state index in [2.05, 4.69) is 0 Å². The third-order valence-corrected chi connectivity index (χ3v) is 4.92. The molecule has 1 amide bonds. The summed E-state index contributed by atoms with van der Waals surface area (Å²) in [5.74, 6) is 0.0975. The molecule has 5 nitrogen and oxygen atoms in total. The van der Waals surface area contributed by atoms with E-state index in [9.17, 15) is 13.2 Å².